The van der Waals surface area contributed by atoms with E-state index in [1.54, 1.807) is 22.7 Å². The second-order valence-corrected chi connectivity index (χ2v) is 6.29. The highest BCUT2D eigenvalue weighted by Gasteiger charge is 2.33. The van der Waals surface area contributed by atoms with Crippen LogP contribution in [0.2, 0.25) is 0 Å². The van der Waals surface area contributed by atoms with E-state index in [0.29, 0.717) is 31.6 Å². The highest BCUT2D eigenvalue weighted by atomic mass is 19.4. The van der Waals surface area contributed by atoms with E-state index in [-0.39, 0.29) is 17.8 Å². The molecule has 0 spiro atoms. The molecule has 1 amide bonds. The van der Waals surface area contributed by atoms with Gasteiger partial charge in [0.05, 0.1) is 5.69 Å². The normalized spacial score (nSPS) is 16.0. The van der Waals surface area contributed by atoms with Crippen LogP contribution in [-0.2, 0) is 13.2 Å². The average molecular weight is 368 g/mol. The van der Waals surface area contributed by atoms with E-state index in [1.807, 2.05) is 6.92 Å². The van der Waals surface area contributed by atoms with Crippen LogP contribution >= 0.6 is 0 Å². The van der Waals surface area contributed by atoms with E-state index in [2.05, 4.69) is 20.4 Å². The molecule has 1 fully saturated rings. The van der Waals surface area contributed by atoms with Crippen LogP contribution in [0.5, 0.6) is 0 Å². The Bertz CT molecular complexity index is 796. The molecule has 0 aromatic carbocycles. The van der Waals surface area contributed by atoms with Crippen molar-refractivity contribution < 1.29 is 18.0 Å². The van der Waals surface area contributed by atoms with Crippen molar-refractivity contribution in [2.75, 3.05) is 18.4 Å². The van der Waals surface area contributed by atoms with Crippen molar-refractivity contribution >= 4 is 11.7 Å². The van der Waals surface area contributed by atoms with Gasteiger partial charge in [-0.3, -0.25) is 9.48 Å². The lowest BCUT2D eigenvalue weighted by Gasteiger charge is -2.32. The minimum Gasteiger partial charge on any atom is -0.367 e. The van der Waals surface area contributed by atoms with Crippen molar-refractivity contribution in [2.24, 2.45) is 7.05 Å². The SMILES string of the molecule is Cc1cc(C(=O)N2CCC(Nc3cc(C(F)(F)F)ncn3)CC2)n(C)n1. The number of aromatic nitrogens is 4. The molecule has 2 aromatic heterocycles. The Morgan fingerprint density at radius 3 is 2.50 bits per heavy atom. The van der Waals surface area contributed by atoms with Gasteiger partial charge in [-0.15, -0.1) is 0 Å². The first kappa shape index (κ1) is 18.2. The minimum atomic E-state index is -4.50. The molecule has 7 nitrogen and oxygen atoms in total. The zero-order chi connectivity index (χ0) is 18.9. The molecule has 0 unspecified atom stereocenters. The number of carbonyl (C=O) groups excluding carboxylic acids is 1. The maximum Gasteiger partial charge on any atom is 0.433 e. The van der Waals surface area contributed by atoms with Gasteiger partial charge in [0.15, 0.2) is 0 Å². The quantitative estimate of drug-likeness (QED) is 0.899. The van der Waals surface area contributed by atoms with Crippen molar-refractivity contribution in [1.29, 1.82) is 0 Å². The summed E-state index contributed by atoms with van der Waals surface area (Å²) in [4.78, 5) is 21.4. The predicted molar refractivity (Wildman–Crippen MR) is 87.5 cm³/mol. The molecule has 140 valence electrons. The van der Waals surface area contributed by atoms with Crippen molar-refractivity contribution in [3.8, 4) is 0 Å². The lowest BCUT2D eigenvalue weighted by molar-refractivity contribution is -0.141. The summed E-state index contributed by atoms with van der Waals surface area (Å²) in [5.41, 5.74) is 0.324. The van der Waals surface area contributed by atoms with E-state index >= 15 is 0 Å². The van der Waals surface area contributed by atoms with Crippen LogP contribution in [0, 0.1) is 6.92 Å². The zero-order valence-corrected chi connectivity index (χ0v) is 14.4. The van der Waals surface area contributed by atoms with Gasteiger partial charge >= 0.3 is 6.18 Å². The number of nitrogens with one attached hydrogen (secondary N) is 1. The Balaban J connectivity index is 1.59. The third kappa shape index (κ3) is 3.94. The number of rotatable bonds is 3. The summed E-state index contributed by atoms with van der Waals surface area (Å²) in [6.45, 7) is 2.85. The number of amides is 1. The second kappa shape index (κ2) is 6.93. The monoisotopic (exact) mass is 368 g/mol. The van der Waals surface area contributed by atoms with Crippen LogP contribution in [0.4, 0.5) is 19.0 Å². The summed E-state index contributed by atoms with van der Waals surface area (Å²) in [5.74, 6) is 0.0484. The number of nitrogens with zero attached hydrogens (tertiary/aromatic N) is 5. The van der Waals surface area contributed by atoms with Crippen molar-refractivity contribution in [2.45, 2.75) is 32.0 Å². The van der Waals surface area contributed by atoms with Gasteiger partial charge in [0, 0.05) is 32.2 Å². The Hall–Kier alpha value is -2.65. The van der Waals surface area contributed by atoms with E-state index in [0.717, 1.165) is 18.1 Å². The molecular formula is C16H19F3N6O. The number of piperidine rings is 1. The molecule has 0 atom stereocenters. The van der Waals surface area contributed by atoms with E-state index in [9.17, 15) is 18.0 Å². The highest BCUT2D eigenvalue weighted by Crippen LogP contribution is 2.28. The molecule has 2 aromatic rings. The third-order valence-electron chi connectivity index (χ3n) is 4.31. The van der Waals surface area contributed by atoms with Gasteiger partial charge in [-0.2, -0.15) is 18.3 Å². The molecule has 1 N–H and O–H groups in total. The van der Waals surface area contributed by atoms with E-state index < -0.39 is 11.9 Å². The van der Waals surface area contributed by atoms with Gasteiger partial charge in [-0.05, 0) is 25.8 Å². The Kier molecular flexibility index (Phi) is 4.84. The van der Waals surface area contributed by atoms with E-state index in [4.69, 9.17) is 0 Å². The summed E-state index contributed by atoms with van der Waals surface area (Å²) >= 11 is 0. The smallest absolute Gasteiger partial charge is 0.367 e. The predicted octanol–water partition coefficient (Wildman–Crippen LogP) is 2.25. The molecule has 0 saturated carbocycles. The summed E-state index contributed by atoms with van der Waals surface area (Å²) in [6, 6.07) is 2.59. The molecule has 0 aliphatic carbocycles. The van der Waals surface area contributed by atoms with Crippen LogP contribution < -0.4 is 5.32 Å². The van der Waals surface area contributed by atoms with Crippen LogP contribution in [0.1, 0.15) is 34.7 Å². The van der Waals surface area contributed by atoms with Crippen LogP contribution in [-0.4, -0.2) is 49.7 Å². The third-order valence-corrected chi connectivity index (χ3v) is 4.31. The molecule has 1 saturated heterocycles. The minimum absolute atomic E-state index is 0.0525. The highest BCUT2D eigenvalue weighted by molar-refractivity contribution is 5.92. The van der Waals surface area contributed by atoms with Gasteiger partial charge in [-0.1, -0.05) is 0 Å². The molecular weight excluding hydrogens is 349 g/mol. The average Bonchev–Trinajstić information content (AvgIpc) is 2.93. The molecule has 26 heavy (non-hydrogen) atoms. The fourth-order valence-corrected chi connectivity index (χ4v) is 3.00. The number of alkyl halides is 3. The topological polar surface area (TPSA) is 75.9 Å². The van der Waals surface area contributed by atoms with Crippen molar-refractivity contribution in [3.05, 3.63) is 35.5 Å². The van der Waals surface area contributed by atoms with Gasteiger partial charge in [0.2, 0.25) is 0 Å². The molecule has 1 aliphatic heterocycles. The molecule has 0 bridgehead atoms. The van der Waals surface area contributed by atoms with Gasteiger partial charge in [0.1, 0.15) is 23.5 Å². The zero-order valence-electron chi connectivity index (χ0n) is 14.4. The lowest BCUT2D eigenvalue weighted by Crippen LogP contribution is -2.43. The van der Waals surface area contributed by atoms with Crippen molar-refractivity contribution in [1.82, 2.24) is 24.6 Å². The van der Waals surface area contributed by atoms with Gasteiger partial charge in [-0.25, -0.2) is 9.97 Å². The first-order chi connectivity index (χ1) is 12.2. The number of carbonyl (C=O) groups is 1. The molecule has 0 radical (unpaired) electrons. The van der Waals surface area contributed by atoms with Crippen LogP contribution in [0.3, 0.4) is 0 Å². The van der Waals surface area contributed by atoms with Crippen LogP contribution in [0.15, 0.2) is 18.5 Å². The van der Waals surface area contributed by atoms with E-state index in [1.165, 1.54) is 0 Å². The summed E-state index contributed by atoms with van der Waals surface area (Å²) < 4.78 is 39.7. The molecule has 3 heterocycles. The summed E-state index contributed by atoms with van der Waals surface area (Å²) in [6.07, 6.45) is -2.37. The first-order valence-corrected chi connectivity index (χ1v) is 8.20. The van der Waals surface area contributed by atoms with Gasteiger partial charge in [0.25, 0.3) is 5.91 Å². The summed E-state index contributed by atoms with van der Waals surface area (Å²) in [7, 11) is 1.72. The largest absolute Gasteiger partial charge is 0.433 e. The number of hydrogen-bond acceptors (Lipinski definition) is 5. The Morgan fingerprint density at radius 2 is 1.92 bits per heavy atom. The number of halogens is 3. The Morgan fingerprint density at radius 1 is 1.23 bits per heavy atom. The lowest BCUT2D eigenvalue weighted by atomic mass is 10.0. The molecule has 10 heteroatoms. The molecule has 3 rings (SSSR count). The maximum absolute atomic E-state index is 12.7. The number of aryl methyl sites for hydroxylation is 2. The van der Waals surface area contributed by atoms with Crippen molar-refractivity contribution in [3.63, 3.8) is 0 Å². The summed E-state index contributed by atoms with van der Waals surface area (Å²) in [5, 5.41) is 7.18. The number of hydrogen-bond donors (Lipinski definition) is 1. The van der Waals surface area contributed by atoms with Crippen LogP contribution in [0.25, 0.3) is 0 Å². The van der Waals surface area contributed by atoms with Gasteiger partial charge < -0.3 is 10.2 Å². The standard InChI is InChI=1S/C16H19F3N6O/c1-10-7-12(24(2)23-10)15(26)25-5-3-11(4-6-25)22-14-8-13(16(17,18)19)20-9-21-14/h7-9,11H,3-6H2,1-2H3,(H,20,21,22). The number of anilines is 1. The molecule has 1 aliphatic rings. The fourth-order valence-electron chi connectivity index (χ4n) is 3.00. The fraction of sp³-hybridized carbons (Fsp3) is 0.500. The second-order valence-electron chi connectivity index (χ2n) is 6.29. The first-order valence-electron chi connectivity index (χ1n) is 8.20. The maximum atomic E-state index is 12.7. The number of likely N-dealkylation sites (tertiary alicyclic amines) is 1. The Labute approximate surface area is 148 Å².